The first-order chi connectivity index (χ1) is 13.9. The van der Waals surface area contributed by atoms with Crippen LogP contribution in [0.25, 0.3) is 22.6 Å². The van der Waals surface area contributed by atoms with E-state index in [2.05, 4.69) is 20.9 Å². The van der Waals surface area contributed by atoms with Gasteiger partial charge >= 0.3 is 0 Å². The molecule has 7 heteroatoms. The fourth-order valence-electron chi connectivity index (χ4n) is 3.09. The first-order valence-electron chi connectivity index (χ1n) is 8.64. The largest absolute Gasteiger partial charge is 0.314 e. The lowest BCUT2D eigenvalue weighted by molar-refractivity contribution is 0.583. The molecule has 0 aliphatic carbocycles. The third-order valence-corrected chi connectivity index (χ3v) is 5.20. The molecule has 3 aromatic carbocycles. The maximum absolute atomic E-state index is 14.5. The predicted molar refractivity (Wildman–Crippen MR) is 106 cm³/mol. The summed E-state index contributed by atoms with van der Waals surface area (Å²) in [6.45, 7) is 0.318. The minimum absolute atomic E-state index is 0.0751. The molecule has 0 unspecified atom stereocenters. The van der Waals surface area contributed by atoms with Crippen molar-refractivity contribution in [1.29, 1.82) is 0 Å². The molecule has 0 aliphatic heterocycles. The Balaban J connectivity index is 1.92. The maximum Gasteiger partial charge on any atom is 0.144 e. The number of hydrogen-bond donors (Lipinski definition) is 0. The van der Waals surface area contributed by atoms with Gasteiger partial charge in [0.2, 0.25) is 0 Å². The van der Waals surface area contributed by atoms with Crippen LogP contribution in [0.2, 0.25) is 0 Å². The molecular weight excluding hydrogens is 448 g/mol. The lowest BCUT2D eigenvalue weighted by atomic mass is 10.1. The monoisotopic (exact) mass is 460 g/mol. The van der Waals surface area contributed by atoms with Gasteiger partial charge in [-0.15, -0.1) is 0 Å². The number of aromatic nitrogens is 2. The zero-order valence-electron chi connectivity index (χ0n) is 14.8. The molecule has 0 aliphatic rings. The molecule has 0 fully saturated rings. The molecule has 29 heavy (non-hydrogen) atoms. The Morgan fingerprint density at radius 3 is 2.14 bits per heavy atom. The van der Waals surface area contributed by atoms with Crippen molar-refractivity contribution in [1.82, 2.24) is 9.55 Å². The maximum atomic E-state index is 14.5. The molecule has 0 atom stereocenters. The van der Waals surface area contributed by atoms with Gasteiger partial charge in [0.05, 0.1) is 12.1 Å². The summed E-state index contributed by atoms with van der Waals surface area (Å²) in [6, 6.07) is 15.6. The quantitative estimate of drug-likeness (QED) is 0.314. The minimum atomic E-state index is -0.784. The van der Waals surface area contributed by atoms with E-state index < -0.39 is 23.3 Å². The van der Waals surface area contributed by atoms with E-state index in [-0.39, 0.29) is 22.6 Å². The van der Waals surface area contributed by atoms with E-state index in [1.54, 1.807) is 4.57 Å². The molecule has 4 rings (SSSR count). The summed E-state index contributed by atoms with van der Waals surface area (Å²) in [5.41, 5.74) is 1.43. The van der Waals surface area contributed by atoms with E-state index in [4.69, 9.17) is 0 Å². The second-order valence-corrected chi connectivity index (χ2v) is 7.18. The zero-order chi connectivity index (χ0) is 20.5. The molecule has 0 amide bonds. The van der Waals surface area contributed by atoms with E-state index in [0.29, 0.717) is 11.1 Å². The van der Waals surface area contributed by atoms with Gasteiger partial charge in [-0.2, -0.15) is 0 Å². The van der Waals surface area contributed by atoms with E-state index in [9.17, 15) is 17.6 Å². The van der Waals surface area contributed by atoms with E-state index in [0.717, 1.165) is 35.9 Å². The van der Waals surface area contributed by atoms with Crippen LogP contribution in [-0.2, 0) is 6.54 Å². The van der Waals surface area contributed by atoms with Gasteiger partial charge in [0.25, 0.3) is 0 Å². The number of imidazole rings is 1. The van der Waals surface area contributed by atoms with Crippen molar-refractivity contribution in [3.05, 3.63) is 100 Å². The molecule has 0 saturated heterocycles. The van der Waals surface area contributed by atoms with Crippen molar-refractivity contribution < 1.29 is 17.6 Å². The molecular formula is C22H13BrF4N2. The second kappa shape index (κ2) is 7.83. The van der Waals surface area contributed by atoms with Crippen LogP contribution in [0.15, 0.2) is 71.3 Å². The summed E-state index contributed by atoms with van der Waals surface area (Å²) in [5.74, 6) is -2.79. The van der Waals surface area contributed by atoms with Crippen LogP contribution in [0.5, 0.6) is 0 Å². The molecule has 0 saturated carbocycles. The molecule has 2 nitrogen and oxygen atoms in total. The van der Waals surface area contributed by atoms with Crippen molar-refractivity contribution in [2.75, 3.05) is 0 Å². The van der Waals surface area contributed by atoms with Crippen molar-refractivity contribution in [3.63, 3.8) is 0 Å². The van der Waals surface area contributed by atoms with Crippen molar-refractivity contribution in [2.24, 2.45) is 0 Å². The molecule has 4 aromatic rings. The summed E-state index contributed by atoms with van der Waals surface area (Å²) in [4.78, 5) is 4.44. The van der Waals surface area contributed by atoms with Crippen LogP contribution >= 0.6 is 15.9 Å². The average Bonchev–Trinajstić information content (AvgIpc) is 2.98. The SMILES string of the molecule is Fc1cc(F)cc(-c2nc(-c3ccc(F)cc3F)n(Cc3ccccc3)c2Br)c1. The fourth-order valence-corrected chi connectivity index (χ4v) is 3.71. The summed E-state index contributed by atoms with van der Waals surface area (Å²) in [7, 11) is 0. The third-order valence-electron chi connectivity index (χ3n) is 4.40. The van der Waals surface area contributed by atoms with Gasteiger partial charge in [-0.05, 0) is 45.8 Å². The summed E-state index contributed by atoms with van der Waals surface area (Å²) >= 11 is 3.44. The van der Waals surface area contributed by atoms with Gasteiger partial charge in [-0.1, -0.05) is 30.3 Å². The van der Waals surface area contributed by atoms with Crippen molar-refractivity contribution in [2.45, 2.75) is 6.54 Å². The minimum Gasteiger partial charge on any atom is -0.314 e. The standard InChI is InChI=1S/C22H13BrF4N2/c23-21-20(14-8-16(25)10-17(26)9-14)28-22(18-7-6-15(24)11-19(18)27)29(21)12-13-4-2-1-3-5-13/h1-11H,12H2. The van der Waals surface area contributed by atoms with Gasteiger partial charge in [0, 0.05) is 17.7 Å². The Morgan fingerprint density at radius 1 is 0.793 bits per heavy atom. The Bertz CT molecular complexity index is 1170. The first-order valence-corrected chi connectivity index (χ1v) is 9.43. The highest BCUT2D eigenvalue weighted by Crippen LogP contribution is 2.35. The highest BCUT2D eigenvalue weighted by molar-refractivity contribution is 9.10. The molecule has 1 heterocycles. The third kappa shape index (κ3) is 3.96. The van der Waals surface area contributed by atoms with Crippen molar-refractivity contribution >= 4 is 15.9 Å². The molecule has 0 N–H and O–H groups in total. The smallest absolute Gasteiger partial charge is 0.144 e. The Hall–Kier alpha value is -2.93. The summed E-state index contributed by atoms with van der Waals surface area (Å²) in [6.07, 6.45) is 0. The normalized spacial score (nSPS) is 11.1. The number of halogens is 5. The fraction of sp³-hybridized carbons (Fsp3) is 0.0455. The average molecular weight is 461 g/mol. The van der Waals surface area contributed by atoms with E-state index in [1.807, 2.05) is 30.3 Å². The van der Waals surface area contributed by atoms with Gasteiger partial charge in [-0.25, -0.2) is 22.5 Å². The van der Waals surface area contributed by atoms with Crippen LogP contribution in [0.3, 0.4) is 0 Å². The Morgan fingerprint density at radius 2 is 1.48 bits per heavy atom. The van der Waals surface area contributed by atoms with Gasteiger partial charge in [0.15, 0.2) is 0 Å². The Kier molecular flexibility index (Phi) is 5.24. The first kappa shape index (κ1) is 19.4. The number of benzene rings is 3. The highest BCUT2D eigenvalue weighted by atomic mass is 79.9. The van der Waals surface area contributed by atoms with E-state index in [1.165, 1.54) is 6.07 Å². The van der Waals surface area contributed by atoms with Crippen LogP contribution in [0.1, 0.15) is 5.56 Å². The van der Waals surface area contributed by atoms with Gasteiger partial charge in [0.1, 0.15) is 39.4 Å². The second-order valence-electron chi connectivity index (χ2n) is 6.43. The summed E-state index contributed by atoms with van der Waals surface area (Å²) < 4.78 is 57.5. The molecule has 0 radical (unpaired) electrons. The molecule has 0 spiro atoms. The predicted octanol–water partition coefficient (Wildman–Crippen LogP) is 6.58. The van der Waals surface area contributed by atoms with Gasteiger partial charge < -0.3 is 4.57 Å². The van der Waals surface area contributed by atoms with Crippen molar-refractivity contribution in [3.8, 4) is 22.6 Å². The number of hydrogen-bond acceptors (Lipinski definition) is 1. The van der Waals surface area contributed by atoms with Gasteiger partial charge in [-0.3, -0.25) is 0 Å². The number of rotatable bonds is 4. The lowest BCUT2D eigenvalue weighted by Gasteiger charge is -2.10. The Labute approximate surface area is 172 Å². The molecule has 0 bridgehead atoms. The zero-order valence-corrected chi connectivity index (χ0v) is 16.4. The van der Waals surface area contributed by atoms with Crippen LogP contribution in [0, 0.1) is 23.3 Å². The van der Waals surface area contributed by atoms with Crippen LogP contribution in [0.4, 0.5) is 17.6 Å². The lowest BCUT2D eigenvalue weighted by Crippen LogP contribution is -2.03. The number of nitrogens with zero attached hydrogens (tertiary/aromatic N) is 2. The van der Waals surface area contributed by atoms with Crippen LogP contribution in [-0.4, -0.2) is 9.55 Å². The summed E-state index contributed by atoms with van der Waals surface area (Å²) in [5, 5.41) is 0. The molecule has 1 aromatic heterocycles. The highest BCUT2D eigenvalue weighted by Gasteiger charge is 2.21. The van der Waals surface area contributed by atoms with Crippen LogP contribution < -0.4 is 0 Å². The topological polar surface area (TPSA) is 17.8 Å². The molecule has 146 valence electrons. The van der Waals surface area contributed by atoms with E-state index >= 15 is 0 Å².